The lowest BCUT2D eigenvalue weighted by atomic mass is 9.94. The van der Waals surface area contributed by atoms with Gasteiger partial charge in [-0.15, -0.1) is 0 Å². The fourth-order valence-electron chi connectivity index (χ4n) is 1.89. The zero-order chi connectivity index (χ0) is 10.3. The van der Waals surface area contributed by atoms with E-state index >= 15 is 0 Å². The Balaban J connectivity index is 2.53. The summed E-state index contributed by atoms with van der Waals surface area (Å²) in [7, 11) is 0. The van der Waals surface area contributed by atoms with Crippen LogP contribution in [0.2, 0.25) is 0 Å². The van der Waals surface area contributed by atoms with E-state index in [9.17, 15) is 0 Å². The van der Waals surface area contributed by atoms with Crippen LogP contribution in [0.1, 0.15) is 26.3 Å². The molecular weight excluding hydrogens is 242 g/mol. The van der Waals surface area contributed by atoms with Crippen LogP contribution < -0.4 is 5.32 Å². The fourth-order valence-corrected chi connectivity index (χ4v) is 2.26. The smallest absolute Gasteiger partial charge is 0.126 e. The number of hydrogen-bond donors (Lipinski definition) is 1. The molecule has 14 heavy (non-hydrogen) atoms. The van der Waals surface area contributed by atoms with Gasteiger partial charge in [0.1, 0.15) is 6.23 Å². The summed E-state index contributed by atoms with van der Waals surface area (Å²) >= 11 is 3.47. The van der Waals surface area contributed by atoms with E-state index in [2.05, 4.69) is 47.2 Å². The Morgan fingerprint density at radius 3 is 2.86 bits per heavy atom. The zero-order valence-corrected chi connectivity index (χ0v) is 10.2. The zero-order valence-electron chi connectivity index (χ0n) is 8.60. The topological polar surface area (TPSA) is 21.3 Å². The van der Waals surface area contributed by atoms with Crippen LogP contribution in [0, 0.1) is 0 Å². The lowest BCUT2D eigenvalue weighted by Gasteiger charge is -2.37. The normalized spacial score (nSPS) is 23.9. The molecular formula is C11H14BrNO. The van der Waals surface area contributed by atoms with Crippen molar-refractivity contribution in [3.63, 3.8) is 0 Å². The van der Waals surface area contributed by atoms with Crippen molar-refractivity contribution in [3.05, 3.63) is 28.2 Å². The van der Waals surface area contributed by atoms with Crippen LogP contribution >= 0.6 is 15.9 Å². The minimum absolute atomic E-state index is 0.0682. The van der Waals surface area contributed by atoms with E-state index in [-0.39, 0.29) is 11.8 Å². The van der Waals surface area contributed by atoms with E-state index in [0.29, 0.717) is 0 Å². The Hall–Kier alpha value is -0.540. The third-order valence-corrected chi connectivity index (χ3v) is 2.95. The van der Waals surface area contributed by atoms with Crippen LogP contribution in [-0.2, 0) is 10.3 Å². The molecule has 0 unspecified atom stereocenters. The van der Waals surface area contributed by atoms with Crippen LogP contribution in [0.15, 0.2) is 22.7 Å². The van der Waals surface area contributed by atoms with Crippen LogP contribution in [0.4, 0.5) is 5.69 Å². The molecule has 1 aliphatic heterocycles. The summed E-state index contributed by atoms with van der Waals surface area (Å²) in [5.41, 5.74) is 2.14. The number of fused-ring (bicyclic) bond motifs is 1. The predicted octanol–water partition coefficient (Wildman–Crippen LogP) is 3.47. The molecule has 1 aromatic carbocycles. The van der Waals surface area contributed by atoms with Gasteiger partial charge in [0.25, 0.3) is 0 Å². The molecule has 0 aliphatic carbocycles. The highest BCUT2D eigenvalue weighted by molar-refractivity contribution is 9.10. The minimum Gasteiger partial charge on any atom is -0.360 e. The summed E-state index contributed by atoms with van der Waals surface area (Å²) in [5.74, 6) is 0. The molecule has 1 N–H and O–H groups in total. The third-order valence-electron chi connectivity index (χ3n) is 2.46. The fraction of sp³-hybridized carbons (Fsp3) is 0.455. The van der Waals surface area contributed by atoms with Gasteiger partial charge in [-0.1, -0.05) is 15.9 Å². The summed E-state index contributed by atoms with van der Waals surface area (Å²) in [6.07, 6.45) is 0.0682. The predicted molar refractivity (Wildman–Crippen MR) is 61.3 cm³/mol. The first kappa shape index (κ1) is 9.99. The molecule has 1 aromatic rings. The van der Waals surface area contributed by atoms with Crippen molar-refractivity contribution < 1.29 is 4.74 Å². The monoisotopic (exact) mass is 255 g/mol. The van der Waals surface area contributed by atoms with Crippen molar-refractivity contribution in [1.82, 2.24) is 0 Å². The van der Waals surface area contributed by atoms with Crippen LogP contribution in [0.25, 0.3) is 0 Å². The highest BCUT2D eigenvalue weighted by atomic mass is 79.9. The second-order valence-electron chi connectivity index (χ2n) is 4.10. The second-order valence-corrected chi connectivity index (χ2v) is 5.02. The molecule has 2 nitrogen and oxygen atoms in total. The molecule has 0 aromatic heterocycles. The Morgan fingerprint density at radius 1 is 1.43 bits per heavy atom. The van der Waals surface area contributed by atoms with E-state index in [1.807, 2.05) is 13.0 Å². The molecule has 0 bridgehead atoms. The van der Waals surface area contributed by atoms with Crippen molar-refractivity contribution >= 4 is 21.6 Å². The number of hydrogen-bond acceptors (Lipinski definition) is 2. The lowest BCUT2D eigenvalue weighted by molar-refractivity contribution is -0.0633. The summed E-state index contributed by atoms with van der Waals surface area (Å²) < 4.78 is 6.91. The summed E-state index contributed by atoms with van der Waals surface area (Å²) in [6, 6.07) is 6.23. The molecule has 1 atom stereocenters. The summed E-state index contributed by atoms with van der Waals surface area (Å²) in [6.45, 7) is 6.21. The maximum atomic E-state index is 5.82. The van der Waals surface area contributed by atoms with Gasteiger partial charge in [0.15, 0.2) is 0 Å². The standard InChI is InChI=1S/C11H14BrNO/c1-7-13-10-5-4-8(12)6-9(10)11(2,3)14-7/h4-7,13H,1-3H3/t7-/m0/s1. The molecule has 3 heteroatoms. The number of benzene rings is 1. The van der Waals surface area contributed by atoms with E-state index < -0.39 is 0 Å². The molecule has 76 valence electrons. The molecule has 0 spiro atoms. The van der Waals surface area contributed by atoms with Gasteiger partial charge in [-0.2, -0.15) is 0 Å². The van der Waals surface area contributed by atoms with Crippen LogP contribution in [0.3, 0.4) is 0 Å². The van der Waals surface area contributed by atoms with Crippen molar-refractivity contribution in [3.8, 4) is 0 Å². The van der Waals surface area contributed by atoms with Gasteiger partial charge >= 0.3 is 0 Å². The van der Waals surface area contributed by atoms with Crippen molar-refractivity contribution in [1.29, 1.82) is 0 Å². The largest absolute Gasteiger partial charge is 0.360 e. The van der Waals surface area contributed by atoms with Gasteiger partial charge < -0.3 is 10.1 Å². The highest BCUT2D eigenvalue weighted by Gasteiger charge is 2.31. The van der Waals surface area contributed by atoms with Crippen LogP contribution in [-0.4, -0.2) is 6.23 Å². The molecule has 1 aliphatic rings. The van der Waals surface area contributed by atoms with Gasteiger partial charge in [0, 0.05) is 15.7 Å². The molecule has 0 saturated carbocycles. The number of nitrogens with one attached hydrogen (secondary N) is 1. The van der Waals surface area contributed by atoms with Gasteiger partial charge in [0.05, 0.1) is 5.60 Å². The molecule has 0 fully saturated rings. The van der Waals surface area contributed by atoms with Gasteiger partial charge in [0.2, 0.25) is 0 Å². The van der Waals surface area contributed by atoms with Crippen molar-refractivity contribution in [2.45, 2.75) is 32.6 Å². The van der Waals surface area contributed by atoms with Crippen molar-refractivity contribution in [2.24, 2.45) is 0 Å². The lowest BCUT2D eigenvalue weighted by Crippen LogP contribution is -2.37. The maximum Gasteiger partial charge on any atom is 0.126 e. The maximum absolute atomic E-state index is 5.82. The van der Waals surface area contributed by atoms with Crippen LogP contribution in [0.5, 0.6) is 0 Å². The van der Waals surface area contributed by atoms with Crippen molar-refractivity contribution in [2.75, 3.05) is 5.32 Å². The first-order valence-electron chi connectivity index (χ1n) is 4.73. The Labute approximate surface area is 92.8 Å². The average Bonchev–Trinajstić information content (AvgIpc) is 2.05. The van der Waals surface area contributed by atoms with E-state index in [0.717, 1.165) is 10.2 Å². The van der Waals surface area contributed by atoms with Gasteiger partial charge in [-0.25, -0.2) is 0 Å². The average molecular weight is 256 g/mol. The van der Waals surface area contributed by atoms with E-state index in [1.165, 1.54) is 5.56 Å². The molecule has 2 rings (SSSR count). The van der Waals surface area contributed by atoms with E-state index in [4.69, 9.17) is 4.74 Å². The van der Waals surface area contributed by atoms with E-state index in [1.54, 1.807) is 0 Å². The Kier molecular flexibility index (Phi) is 2.32. The summed E-state index contributed by atoms with van der Waals surface area (Å²) in [4.78, 5) is 0. The van der Waals surface area contributed by atoms with Gasteiger partial charge in [-0.3, -0.25) is 0 Å². The molecule has 0 radical (unpaired) electrons. The quantitative estimate of drug-likeness (QED) is 0.767. The highest BCUT2D eigenvalue weighted by Crippen LogP contribution is 2.38. The SMILES string of the molecule is C[C@H]1Nc2ccc(Br)cc2C(C)(C)O1. The first-order chi connectivity index (χ1) is 6.49. The Bertz CT molecular complexity index is 362. The second kappa shape index (κ2) is 3.24. The third kappa shape index (κ3) is 1.66. The number of halogens is 1. The number of anilines is 1. The Morgan fingerprint density at radius 2 is 2.14 bits per heavy atom. The molecule has 0 amide bonds. The van der Waals surface area contributed by atoms with Gasteiger partial charge in [-0.05, 0) is 39.0 Å². The molecule has 0 saturated heterocycles. The number of rotatable bonds is 0. The number of ether oxygens (including phenoxy) is 1. The first-order valence-corrected chi connectivity index (χ1v) is 5.53. The summed E-state index contributed by atoms with van der Waals surface area (Å²) in [5, 5.41) is 3.30. The minimum atomic E-state index is -0.218. The molecule has 1 heterocycles.